The summed E-state index contributed by atoms with van der Waals surface area (Å²) in [6.45, 7) is 4.65. The number of amides is 1. The molecule has 2 heterocycles. The molecule has 5 atom stereocenters. The van der Waals surface area contributed by atoms with Crippen LogP contribution in [0.25, 0.3) is 10.8 Å². The molecule has 3 N–H and O–H groups in total. The van der Waals surface area contributed by atoms with Crippen LogP contribution in [-0.2, 0) is 11.3 Å². The van der Waals surface area contributed by atoms with E-state index in [1.54, 1.807) is 6.20 Å². The number of nitrogens with one attached hydrogen (secondary N) is 3. The second kappa shape index (κ2) is 8.01. The molecule has 1 aromatic carbocycles. The van der Waals surface area contributed by atoms with E-state index < -0.39 is 0 Å². The van der Waals surface area contributed by atoms with Gasteiger partial charge in [0.05, 0.1) is 18.1 Å². The van der Waals surface area contributed by atoms with Crippen molar-refractivity contribution in [3.05, 3.63) is 40.8 Å². The van der Waals surface area contributed by atoms with Gasteiger partial charge >= 0.3 is 0 Å². The molecule has 1 saturated heterocycles. The Kier molecular flexibility index (Phi) is 5.46. The minimum absolute atomic E-state index is 0.00906. The van der Waals surface area contributed by atoms with E-state index in [1.165, 1.54) is 11.1 Å². The van der Waals surface area contributed by atoms with Crippen LogP contribution in [0.3, 0.4) is 0 Å². The first-order valence-corrected chi connectivity index (χ1v) is 10.3. The van der Waals surface area contributed by atoms with Gasteiger partial charge in [0, 0.05) is 23.4 Å². The lowest BCUT2D eigenvalue weighted by molar-refractivity contribution is -0.124. The lowest BCUT2D eigenvalue weighted by Gasteiger charge is -2.31. The van der Waals surface area contributed by atoms with Crippen molar-refractivity contribution in [1.29, 1.82) is 0 Å². The topological polar surface area (TPSA) is 88.0 Å². The van der Waals surface area contributed by atoms with Gasteiger partial charge < -0.3 is 5.32 Å². The maximum absolute atomic E-state index is 12.9. The van der Waals surface area contributed by atoms with E-state index >= 15 is 0 Å². The number of aromatic nitrogens is 2. The molecule has 1 amide bonds. The van der Waals surface area contributed by atoms with E-state index in [0.717, 1.165) is 24.6 Å². The molecular weight excluding hydrogens is 354 g/mol. The van der Waals surface area contributed by atoms with Gasteiger partial charge in [-0.25, -0.2) is 10.1 Å². The molecule has 7 heteroatoms. The van der Waals surface area contributed by atoms with Gasteiger partial charge in [0.25, 0.3) is 5.56 Å². The van der Waals surface area contributed by atoms with Crippen LogP contribution in [0, 0.1) is 11.8 Å². The van der Waals surface area contributed by atoms with Crippen molar-refractivity contribution in [3.63, 3.8) is 0 Å². The van der Waals surface area contributed by atoms with Crippen LogP contribution in [0.5, 0.6) is 0 Å². The fraction of sp³-hybridized carbons (Fsp3) is 0.571. The van der Waals surface area contributed by atoms with Crippen LogP contribution >= 0.6 is 0 Å². The molecule has 150 valence electrons. The van der Waals surface area contributed by atoms with Crippen molar-refractivity contribution >= 4 is 16.7 Å². The number of carbonyl (C=O) groups is 1. The van der Waals surface area contributed by atoms with E-state index in [4.69, 9.17) is 0 Å². The van der Waals surface area contributed by atoms with Crippen LogP contribution in [-0.4, -0.2) is 33.8 Å². The summed E-state index contributed by atoms with van der Waals surface area (Å²) in [7, 11) is 0. The van der Waals surface area contributed by atoms with Crippen molar-refractivity contribution in [1.82, 2.24) is 25.9 Å². The predicted molar refractivity (Wildman–Crippen MR) is 109 cm³/mol. The fourth-order valence-electron chi connectivity index (χ4n) is 4.57. The summed E-state index contributed by atoms with van der Waals surface area (Å²) >= 11 is 0. The molecule has 7 nitrogen and oxygen atoms in total. The molecule has 2 fully saturated rings. The number of hydrogen-bond acceptors (Lipinski definition) is 5. The number of benzene rings is 1. The average Bonchev–Trinajstić information content (AvgIpc) is 3.12. The Hall–Kier alpha value is -2.25. The maximum Gasteiger partial charge on any atom is 0.274 e. The molecular formula is C21H29N5O2. The first kappa shape index (κ1) is 19.1. The lowest BCUT2D eigenvalue weighted by atomic mass is 9.76. The van der Waals surface area contributed by atoms with Crippen LogP contribution in [0.2, 0.25) is 0 Å². The molecule has 4 unspecified atom stereocenters. The van der Waals surface area contributed by atoms with Crippen LogP contribution < -0.4 is 21.7 Å². The average molecular weight is 383 g/mol. The van der Waals surface area contributed by atoms with Gasteiger partial charge in [-0.1, -0.05) is 32.0 Å². The summed E-state index contributed by atoms with van der Waals surface area (Å²) in [6.07, 6.45) is 5.82. The lowest BCUT2D eigenvalue weighted by Crippen LogP contribution is -2.50. The molecule has 1 saturated carbocycles. The molecule has 1 aromatic heterocycles. The van der Waals surface area contributed by atoms with E-state index in [2.05, 4.69) is 28.2 Å². The number of fused-ring (bicyclic) bond motifs is 2. The number of rotatable bonds is 5. The van der Waals surface area contributed by atoms with E-state index in [9.17, 15) is 9.59 Å². The van der Waals surface area contributed by atoms with Crippen molar-refractivity contribution < 1.29 is 4.79 Å². The fourth-order valence-corrected chi connectivity index (χ4v) is 4.57. The van der Waals surface area contributed by atoms with Crippen molar-refractivity contribution in [3.8, 4) is 0 Å². The summed E-state index contributed by atoms with van der Waals surface area (Å²) in [4.78, 5) is 25.7. The Morgan fingerprint density at radius 3 is 2.96 bits per heavy atom. The van der Waals surface area contributed by atoms with Crippen LogP contribution in [0.1, 0.15) is 39.5 Å². The summed E-state index contributed by atoms with van der Waals surface area (Å²) in [6, 6.07) is 7.46. The quantitative estimate of drug-likeness (QED) is 0.730. The van der Waals surface area contributed by atoms with Gasteiger partial charge in [-0.3, -0.25) is 15.0 Å². The molecule has 1 aliphatic carbocycles. The van der Waals surface area contributed by atoms with Gasteiger partial charge in [0.15, 0.2) is 0 Å². The Bertz CT molecular complexity index is 911. The molecule has 1 aliphatic heterocycles. The zero-order chi connectivity index (χ0) is 19.7. The summed E-state index contributed by atoms with van der Waals surface area (Å²) in [5, 5.41) is 8.92. The Morgan fingerprint density at radius 2 is 2.14 bits per heavy atom. The molecule has 0 bridgehead atoms. The number of hydrazine groups is 1. The molecule has 2 aliphatic rings. The van der Waals surface area contributed by atoms with Crippen molar-refractivity contribution in [2.24, 2.45) is 11.8 Å². The van der Waals surface area contributed by atoms with Gasteiger partial charge in [0.2, 0.25) is 5.91 Å². The highest BCUT2D eigenvalue weighted by molar-refractivity contribution is 5.83. The van der Waals surface area contributed by atoms with E-state index in [0.29, 0.717) is 29.8 Å². The van der Waals surface area contributed by atoms with Crippen LogP contribution in [0.15, 0.2) is 35.3 Å². The van der Waals surface area contributed by atoms with Gasteiger partial charge in [-0.2, -0.15) is 5.10 Å². The Balaban J connectivity index is 1.46. The molecule has 28 heavy (non-hydrogen) atoms. The predicted octanol–water partition coefficient (Wildman–Crippen LogP) is 1.57. The van der Waals surface area contributed by atoms with Gasteiger partial charge in [-0.15, -0.1) is 0 Å². The Morgan fingerprint density at radius 1 is 1.32 bits per heavy atom. The summed E-state index contributed by atoms with van der Waals surface area (Å²) < 4.78 is 1.46. The van der Waals surface area contributed by atoms with Gasteiger partial charge in [0.1, 0.15) is 6.04 Å². The van der Waals surface area contributed by atoms with E-state index in [1.807, 2.05) is 31.2 Å². The zero-order valence-electron chi connectivity index (χ0n) is 16.5. The third kappa shape index (κ3) is 3.69. The van der Waals surface area contributed by atoms with E-state index in [-0.39, 0.29) is 23.6 Å². The van der Waals surface area contributed by atoms with Crippen LogP contribution in [0.4, 0.5) is 0 Å². The highest BCUT2D eigenvalue weighted by Gasteiger charge is 2.42. The molecule has 4 rings (SSSR count). The zero-order valence-corrected chi connectivity index (χ0v) is 16.5. The minimum Gasteiger partial charge on any atom is -0.350 e. The van der Waals surface area contributed by atoms with Crippen molar-refractivity contribution in [2.75, 3.05) is 0 Å². The van der Waals surface area contributed by atoms with Crippen molar-refractivity contribution in [2.45, 2.75) is 64.2 Å². The maximum atomic E-state index is 12.9. The SMILES string of the molecule is CC[C@@H](Cn1ncc2ccccc2c1=O)NC(=O)C1NNC2CCC(C)CC21. The molecule has 0 radical (unpaired) electrons. The molecule has 0 spiro atoms. The Labute approximate surface area is 164 Å². The number of nitrogens with zero attached hydrogens (tertiary/aromatic N) is 2. The standard InChI is InChI=1S/C21H29N5O2/c1-3-15(12-26-21(28)16-7-5-4-6-14(16)11-22-26)23-20(27)19-17-10-13(2)8-9-18(17)24-25-19/h4-7,11,13,15,17-19,24-25H,3,8-10,12H2,1-2H3,(H,23,27)/t13?,15-,17?,18?,19?/m0/s1. The third-order valence-electron chi connectivity index (χ3n) is 6.29. The smallest absolute Gasteiger partial charge is 0.274 e. The number of hydrogen-bond donors (Lipinski definition) is 3. The third-order valence-corrected chi connectivity index (χ3v) is 6.29. The number of carbonyl (C=O) groups excluding carboxylic acids is 1. The highest BCUT2D eigenvalue weighted by Crippen LogP contribution is 2.33. The normalized spacial score (nSPS) is 28.1. The second-order valence-corrected chi connectivity index (χ2v) is 8.29. The molecule has 2 aromatic rings. The summed E-state index contributed by atoms with van der Waals surface area (Å²) in [5.74, 6) is 0.984. The second-order valence-electron chi connectivity index (χ2n) is 8.29. The first-order valence-electron chi connectivity index (χ1n) is 10.3. The largest absolute Gasteiger partial charge is 0.350 e. The summed E-state index contributed by atoms with van der Waals surface area (Å²) in [5.41, 5.74) is 6.39. The first-order chi connectivity index (χ1) is 13.6. The highest BCUT2D eigenvalue weighted by atomic mass is 16.2. The van der Waals surface area contributed by atoms with Gasteiger partial charge in [-0.05, 0) is 37.7 Å². The monoisotopic (exact) mass is 383 g/mol. The minimum atomic E-state index is -0.219.